The van der Waals surface area contributed by atoms with Crippen molar-refractivity contribution >= 4 is 11.7 Å². The number of hydrogen-bond acceptors (Lipinski definition) is 5. The molecule has 0 radical (unpaired) electrons. The molecule has 0 N–H and O–H groups in total. The predicted octanol–water partition coefficient (Wildman–Crippen LogP) is 1.69. The summed E-state index contributed by atoms with van der Waals surface area (Å²) in [6, 6.07) is 0. The van der Waals surface area contributed by atoms with Crippen LogP contribution in [0.4, 0.5) is 5.82 Å². The van der Waals surface area contributed by atoms with E-state index in [4.69, 9.17) is 9.72 Å². The van der Waals surface area contributed by atoms with Gasteiger partial charge in [0.25, 0.3) is 0 Å². The fourth-order valence-electron chi connectivity index (χ4n) is 3.57. The fourth-order valence-corrected chi connectivity index (χ4v) is 3.57. The van der Waals surface area contributed by atoms with Gasteiger partial charge in [-0.2, -0.15) is 0 Å². The van der Waals surface area contributed by atoms with Crippen molar-refractivity contribution in [3.05, 3.63) is 17.1 Å². The van der Waals surface area contributed by atoms with Crippen molar-refractivity contribution in [2.75, 3.05) is 24.5 Å². The van der Waals surface area contributed by atoms with Crippen LogP contribution in [0.1, 0.15) is 44.3 Å². The number of hydrogen-bond donors (Lipinski definition) is 0. The van der Waals surface area contributed by atoms with E-state index in [1.54, 1.807) is 0 Å². The zero-order valence-corrected chi connectivity index (χ0v) is 14.5. The molecule has 126 valence electrons. The zero-order valence-electron chi connectivity index (χ0n) is 14.5. The Hall–Kier alpha value is -1.69. The molecular weight excluding hydrogens is 292 g/mol. The largest absolute Gasteiger partial charge is 0.372 e. The summed E-state index contributed by atoms with van der Waals surface area (Å²) in [5.74, 6) is 2.00. The van der Waals surface area contributed by atoms with Gasteiger partial charge in [0.1, 0.15) is 11.6 Å². The van der Waals surface area contributed by atoms with Gasteiger partial charge in [-0.1, -0.05) is 6.92 Å². The second-order valence-electron chi connectivity index (χ2n) is 6.60. The maximum absolute atomic E-state index is 12.1. The summed E-state index contributed by atoms with van der Waals surface area (Å²) in [4.78, 5) is 25.7. The molecule has 1 fully saturated rings. The lowest BCUT2D eigenvalue weighted by Crippen LogP contribution is -2.47. The maximum Gasteiger partial charge on any atom is 0.222 e. The highest BCUT2D eigenvalue weighted by molar-refractivity contribution is 5.76. The molecule has 1 aromatic rings. The molecule has 1 aromatic heterocycles. The van der Waals surface area contributed by atoms with Crippen molar-refractivity contribution in [1.82, 2.24) is 14.9 Å². The van der Waals surface area contributed by atoms with Gasteiger partial charge in [0.05, 0.1) is 24.4 Å². The summed E-state index contributed by atoms with van der Waals surface area (Å²) >= 11 is 0. The highest BCUT2D eigenvalue weighted by atomic mass is 16.5. The number of anilines is 1. The van der Waals surface area contributed by atoms with Crippen molar-refractivity contribution < 1.29 is 9.53 Å². The van der Waals surface area contributed by atoms with Gasteiger partial charge in [-0.05, 0) is 20.8 Å². The number of nitrogens with zero attached hydrogens (tertiary/aromatic N) is 4. The number of fused-ring (bicyclic) bond motifs is 1. The molecule has 2 atom stereocenters. The molecule has 2 aliphatic heterocycles. The van der Waals surface area contributed by atoms with Gasteiger partial charge in [0, 0.05) is 38.0 Å². The summed E-state index contributed by atoms with van der Waals surface area (Å²) in [6.07, 6.45) is 1.72. The van der Waals surface area contributed by atoms with Gasteiger partial charge in [0.15, 0.2) is 0 Å². The normalized spacial score (nSPS) is 24.5. The number of amides is 1. The van der Waals surface area contributed by atoms with Gasteiger partial charge >= 0.3 is 0 Å². The number of aromatic nitrogens is 2. The van der Waals surface area contributed by atoms with E-state index in [1.807, 2.05) is 18.7 Å². The molecule has 23 heavy (non-hydrogen) atoms. The quantitative estimate of drug-likeness (QED) is 0.830. The van der Waals surface area contributed by atoms with Crippen LogP contribution in [-0.4, -0.2) is 52.6 Å². The molecule has 0 bridgehead atoms. The lowest BCUT2D eigenvalue weighted by molar-refractivity contribution is -0.131. The first-order chi connectivity index (χ1) is 11.0. The van der Waals surface area contributed by atoms with Crippen LogP contribution < -0.4 is 4.90 Å². The lowest BCUT2D eigenvalue weighted by atomic mass is 10.0. The topological polar surface area (TPSA) is 58.6 Å². The summed E-state index contributed by atoms with van der Waals surface area (Å²) in [6.45, 7) is 11.1. The Labute approximate surface area is 137 Å². The van der Waals surface area contributed by atoms with E-state index in [2.05, 4.69) is 23.7 Å². The summed E-state index contributed by atoms with van der Waals surface area (Å²) in [5.41, 5.74) is 2.21. The average molecular weight is 318 g/mol. The van der Waals surface area contributed by atoms with Crippen LogP contribution in [0.15, 0.2) is 0 Å². The second kappa shape index (κ2) is 6.43. The van der Waals surface area contributed by atoms with Crippen molar-refractivity contribution in [2.24, 2.45) is 0 Å². The Morgan fingerprint density at radius 2 is 1.96 bits per heavy atom. The van der Waals surface area contributed by atoms with Crippen molar-refractivity contribution in [2.45, 2.75) is 59.3 Å². The predicted molar refractivity (Wildman–Crippen MR) is 88.4 cm³/mol. The Morgan fingerprint density at radius 1 is 1.26 bits per heavy atom. The van der Waals surface area contributed by atoms with E-state index in [1.165, 1.54) is 0 Å². The molecular formula is C17H26N4O2. The molecule has 2 unspecified atom stereocenters. The molecule has 6 nitrogen and oxygen atoms in total. The maximum atomic E-state index is 12.1. The van der Waals surface area contributed by atoms with Crippen LogP contribution in [-0.2, 0) is 22.5 Å². The highest BCUT2D eigenvalue weighted by Gasteiger charge is 2.30. The Kier molecular flexibility index (Phi) is 4.53. The summed E-state index contributed by atoms with van der Waals surface area (Å²) in [5, 5.41) is 0. The minimum Gasteiger partial charge on any atom is -0.372 e. The molecule has 1 amide bonds. The van der Waals surface area contributed by atoms with Gasteiger partial charge in [-0.15, -0.1) is 0 Å². The molecule has 0 aromatic carbocycles. The van der Waals surface area contributed by atoms with Crippen LogP contribution in [0, 0.1) is 6.92 Å². The van der Waals surface area contributed by atoms with Crippen LogP contribution in [0.25, 0.3) is 0 Å². The van der Waals surface area contributed by atoms with Gasteiger partial charge in [-0.3, -0.25) is 4.79 Å². The number of carbonyl (C=O) groups excluding carboxylic acids is 1. The smallest absolute Gasteiger partial charge is 0.222 e. The molecule has 6 heteroatoms. The molecule has 0 saturated carbocycles. The van der Waals surface area contributed by atoms with E-state index in [0.29, 0.717) is 13.0 Å². The molecule has 3 heterocycles. The third kappa shape index (κ3) is 3.32. The molecule has 3 rings (SSSR count). The van der Waals surface area contributed by atoms with Gasteiger partial charge < -0.3 is 14.5 Å². The van der Waals surface area contributed by atoms with Crippen molar-refractivity contribution in [3.63, 3.8) is 0 Å². The molecule has 2 aliphatic rings. The molecule has 0 spiro atoms. The number of morpholine rings is 1. The molecule has 1 saturated heterocycles. The van der Waals surface area contributed by atoms with Crippen molar-refractivity contribution in [3.8, 4) is 0 Å². The van der Waals surface area contributed by atoms with Crippen LogP contribution >= 0.6 is 0 Å². The number of ether oxygens (including phenoxy) is 1. The zero-order chi connectivity index (χ0) is 16.6. The Morgan fingerprint density at radius 3 is 2.61 bits per heavy atom. The summed E-state index contributed by atoms with van der Waals surface area (Å²) < 4.78 is 5.84. The number of aryl methyl sites for hydroxylation is 1. The monoisotopic (exact) mass is 318 g/mol. The minimum absolute atomic E-state index is 0.182. The van der Waals surface area contributed by atoms with Crippen LogP contribution in [0.3, 0.4) is 0 Å². The standard InChI is InChI=1S/C17H26N4O2/c1-5-16(22)20-7-6-15-14(10-20)17(19-13(4)18-15)21-8-11(2)23-12(3)9-21/h11-12H,5-10H2,1-4H3. The minimum atomic E-state index is 0.182. The van der Waals surface area contributed by atoms with Gasteiger partial charge in [0.2, 0.25) is 5.91 Å². The SMILES string of the molecule is CCC(=O)N1CCc2nc(C)nc(N3CC(C)OC(C)C3)c2C1. The van der Waals surface area contributed by atoms with E-state index >= 15 is 0 Å². The first-order valence-electron chi connectivity index (χ1n) is 8.52. The second-order valence-corrected chi connectivity index (χ2v) is 6.60. The number of carbonyl (C=O) groups is 1. The van der Waals surface area contributed by atoms with E-state index in [9.17, 15) is 4.79 Å². The lowest BCUT2D eigenvalue weighted by Gasteiger charge is -2.38. The first kappa shape index (κ1) is 16.2. The van der Waals surface area contributed by atoms with E-state index < -0.39 is 0 Å². The number of rotatable bonds is 2. The third-order valence-electron chi connectivity index (χ3n) is 4.52. The van der Waals surface area contributed by atoms with Crippen molar-refractivity contribution in [1.29, 1.82) is 0 Å². The van der Waals surface area contributed by atoms with E-state index in [0.717, 1.165) is 49.0 Å². The Bertz CT molecular complexity index is 595. The highest BCUT2D eigenvalue weighted by Crippen LogP contribution is 2.29. The van der Waals surface area contributed by atoms with Crippen LogP contribution in [0.2, 0.25) is 0 Å². The van der Waals surface area contributed by atoms with Crippen LogP contribution in [0.5, 0.6) is 0 Å². The third-order valence-corrected chi connectivity index (χ3v) is 4.52. The first-order valence-corrected chi connectivity index (χ1v) is 8.52. The summed E-state index contributed by atoms with van der Waals surface area (Å²) in [7, 11) is 0. The van der Waals surface area contributed by atoms with Gasteiger partial charge in [-0.25, -0.2) is 9.97 Å². The fraction of sp³-hybridized carbons (Fsp3) is 0.706. The molecule has 0 aliphatic carbocycles. The average Bonchev–Trinajstić information content (AvgIpc) is 2.52. The Balaban J connectivity index is 1.94. The van der Waals surface area contributed by atoms with E-state index in [-0.39, 0.29) is 18.1 Å².